The van der Waals surface area contributed by atoms with Crippen LogP contribution in [0.3, 0.4) is 0 Å². The molecule has 8 nitrogen and oxygen atoms in total. The zero-order chi connectivity index (χ0) is 30.5. The number of methoxy groups -OCH3 is 2. The Labute approximate surface area is 242 Å². The van der Waals surface area contributed by atoms with Crippen LogP contribution < -0.4 is 14.4 Å². The lowest BCUT2D eigenvalue weighted by Gasteiger charge is -2.33. The van der Waals surface area contributed by atoms with Crippen molar-refractivity contribution < 1.29 is 40.7 Å². The van der Waals surface area contributed by atoms with E-state index in [9.17, 15) is 31.2 Å². The maximum atomic E-state index is 14.4. The highest BCUT2D eigenvalue weighted by atomic mass is 32.2. The van der Waals surface area contributed by atoms with E-state index in [4.69, 9.17) is 9.47 Å². The van der Waals surface area contributed by atoms with Gasteiger partial charge in [-0.3, -0.25) is 9.59 Å². The standard InChI is InChI=1S/C30H31F3N2O6S/c1-40-25-13-12-24(20-26(25)41-2)35(15-14-21-8-10-23(11-9-21)30(31,32)33)29(37)27(22-6-4-3-5-7-22)28(36)34-16-18-42(38,39)19-17-34/h3-13,20,27H,14-19H2,1-2H3. The van der Waals surface area contributed by atoms with Crippen molar-refractivity contribution in [2.75, 3.05) is 50.3 Å². The van der Waals surface area contributed by atoms with Crippen molar-refractivity contribution in [2.45, 2.75) is 18.5 Å². The van der Waals surface area contributed by atoms with E-state index in [2.05, 4.69) is 0 Å². The van der Waals surface area contributed by atoms with Crippen LogP contribution in [0.5, 0.6) is 11.5 Å². The lowest BCUT2D eigenvalue weighted by Crippen LogP contribution is -2.49. The number of nitrogens with zero attached hydrogens (tertiary/aromatic N) is 2. The van der Waals surface area contributed by atoms with Crippen LogP contribution in [-0.4, -0.2) is 70.5 Å². The number of amides is 2. The number of hydrogen-bond acceptors (Lipinski definition) is 6. The third-order valence-corrected chi connectivity index (χ3v) is 8.74. The van der Waals surface area contributed by atoms with Crippen LogP contribution in [0, 0.1) is 0 Å². The predicted molar refractivity (Wildman–Crippen MR) is 151 cm³/mol. The van der Waals surface area contributed by atoms with Crippen molar-refractivity contribution >= 4 is 27.3 Å². The first kappa shape index (κ1) is 30.9. The van der Waals surface area contributed by atoms with Crippen molar-refractivity contribution in [3.05, 3.63) is 89.5 Å². The van der Waals surface area contributed by atoms with E-state index >= 15 is 0 Å². The third kappa shape index (κ3) is 7.22. The Balaban J connectivity index is 1.71. The van der Waals surface area contributed by atoms with E-state index in [-0.39, 0.29) is 37.6 Å². The Morgan fingerprint density at radius 1 is 0.905 bits per heavy atom. The fourth-order valence-electron chi connectivity index (χ4n) is 4.77. The fourth-order valence-corrected chi connectivity index (χ4v) is 5.97. The van der Waals surface area contributed by atoms with E-state index in [1.807, 2.05) is 0 Å². The van der Waals surface area contributed by atoms with Crippen LogP contribution >= 0.6 is 0 Å². The van der Waals surface area contributed by atoms with E-state index in [0.29, 0.717) is 28.3 Å². The molecule has 1 unspecified atom stereocenters. The predicted octanol–water partition coefficient (Wildman–Crippen LogP) is 4.34. The van der Waals surface area contributed by atoms with Crippen LogP contribution in [0.2, 0.25) is 0 Å². The number of carbonyl (C=O) groups excluding carboxylic acids is 2. The summed E-state index contributed by atoms with van der Waals surface area (Å²) in [6.45, 7) is -0.0238. The molecule has 0 aromatic heterocycles. The molecule has 0 saturated carbocycles. The summed E-state index contributed by atoms with van der Waals surface area (Å²) >= 11 is 0. The Morgan fingerprint density at radius 2 is 1.52 bits per heavy atom. The molecule has 0 aliphatic carbocycles. The first-order valence-electron chi connectivity index (χ1n) is 13.2. The molecule has 2 amide bonds. The number of rotatable bonds is 9. The van der Waals surface area contributed by atoms with Gasteiger partial charge in [0.05, 0.1) is 31.3 Å². The van der Waals surface area contributed by atoms with Crippen molar-refractivity contribution in [3.8, 4) is 11.5 Å². The van der Waals surface area contributed by atoms with Crippen molar-refractivity contribution in [1.29, 1.82) is 0 Å². The largest absolute Gasteiger partial charge is 0.493 e. The fraction of sp³-hybridized carbons (Fsp3) is 0.333. The highest BCUT2D eigenvalue weighted by molar-refractivity contribution is 7.91. The Kier molecular flexibility index (Phi) is 9.45. The van der Waals surface area contributed by atoms with Gasteiger partial charge in [-0.1, -0.05) is 42.5 Å². The van der Waals surface area contributed by atoms with Crippen molar-refractivity contribution in [2.24, 2.45) is 0 Å². The molecule has 0 spiro atoms. The first-order chi connectivity index (χ1) is 19.9. The quantitative estimate of drug-likeness (QED) is 0.338. The average Bonchev–Trinajstić information content (AvgIpc) is 2.97. The third-order valence-electron chi connectivity index (χ3n) is 7.13. The van der Waals surface area contributed by atoms with Gasteiger partial charge in [0, 0.05) is 31.4 Å². The second kappa shape index (κ2) is 12.8. The Hall–Kier alpha value is -4.06. The number of halogens is 3. The molecule has 4 rings (SSSR count). The number of hydrogen-bond donors (Lipinski definition) is 0. The van der Waals surface area contributed by atoms with E-state index < -0.39 is 39.3 Å². The number of carbonyl (C=O) groups is 2. The molecule has 0 radical (unpaired) electrons. The first-order valence-corrected chi connectivity index (χ1v) is 15.0. The van der Waals surface area contributed by atoms with Gasteiger partial charge in [0.15, 0.2) is 21.3 Å². The van der Waals surface area contributed by atoms with Crippen LogP contribution in [0.4, 0.5) is 18.9 Å². The molecule has 1 aliphatic heterocycles. The maximum Gasteiger partial charge on any atom is 0.416 e. The highest BCUT2D eigenvalue weighted by Crippen LogP contribution is 2.34. The molecule has 42 heavy (non-hydrogen) atoms. The summed E-state index contributed by atoms with van der Waals surface area (Å²) in [5, 5.41) is 0. The number of alkyl halides is 3. The topological polar surface area (TPSA) is 93.2 Å². The summed E-state index contributed by atoms with van der Waals surface area (Å²) in [5.41, 5.74) is 0.600. The molecule has 3 aromatic carbocycles. The molecule has 0 bridgehead atoms. The molecule has 224 valence electrons. The summed E-state index contributed by atoms with van der Waals surface area (Å²) in [4.78, 5) is 31.0. The van der Waals surface area contributed by atoms with Gasteiger partial charge in [-0.05, 0) is 41.8 Å². The zero-order valence-electron chi connectivity index (χ0n) is 23.1. The Morgan fingerprint density at radius 3 is 2.10 bits per heavy atom. The number of ether oxygens (including phenoxy) is 2. The molecule has 1 atom stereocenters. The SMILES string of the molecule is COc1ccc(N(CCc2ccc(C(F)(F)F)cc2)C(=O)C(C(=O)N2CCS(=O)(=O)CC2)c2ccccc2)cc1OC. The van der Waals surface area contributed by atoms with Crippen LogP contribution in [-0.2, 0) is 32.0 Å². The summed E-state index contributed by atoms with van der Waals surface area (Å²) in [6, 6.07) is 18.0. The molecule has 0 N–H and O–H groups in total. The van der Waals surface area contributed by atoms with E-state index in [1.165, 1.54) is 36.2 Å². The van der Waals surface area contributed by atoms with Crippen molar-refractivity contribution in [3.63, 3.8) is 0 Å². The average molecular weight is 605 g/mol. The minimum atomic E-state index is -4.47. The van der Waals surface area contributed by atoms with Crippen LogP contribution in [0.1, 0.15) is 22.6 Å². The van der Waals surface area contributed by atoms with Crippen molar-refractivity contribution in [1.82, 2.24) is 4.90 Å². The lowest BCUT2D eigenvalue weighted by atomic mass is 9.95. The van der Waals surface area contributed by atoms with Gasteiger partial charge < -0.3 is 19.3 Å². The van der Waals surface area contributed by atoms with Gasteiger partial charge in [-0.25, -0.2) is 8.42 Å². The molecule has 1 saturated heterocycles. The number of anilines is 1. The van der Waals surface area contributed by atoms with Gasteiger partial charge >= 0.3 is 6.18 Å². The highest BCUT2D eigenvalue weighted by Gasteiger charge is 2.38. The van der Waals surface area contributed by atoms with E-state index in [0.717, 1.165) is 12.1 Å². The maximum absolute atomic E-state index is 14.4. The Bertz CT molecular complexity index is 1500. The zero-order valence-corrected chi connectivity index (χ0v) is 24.0. The minimum absolute atomic E-state index is 0.0281. The van der Waals surface area contributed by atoms with Crippen LogP contribution in [0.25, 0.3) is 0 Å². The van der Waals surface area contributed by atoms with Gasteiger partial charge in [-0.15, -0.1) is 0 Å². The summed E-state index contributed by atoms with van der Waals surface area (Å²) in [6.07, 6.45) is -4.28. The number of benzene rings is 3. The van der Waals surface area contributed by atoms with Gasteiger partial charge in [0.1, 0.15) is 5.92 Å². The summed E-state index contributed by atoms with van der Waals surface area (Å²) < 4.78 is 73.9. The normalized spacial score (nSPS) is 15.5. The molecule has 1 heterocycles. The smallest absolute Gasteiger partial charge is 0.416 e. The lowest BCUT2D eigenvalue weighted by molar-refractivity contribution is -0.138. The monoisotopic (exact) mass is 604 g/mol. The van der Waals surface area contributed by atoms with Crippen LogP contribution in [0.15, 0.2) is 72.8 Å². The van der Waals surface area contributed by atoms with Gasteiger partial charge in [0.25, 0.3) is 0 Å². The second-order valence-corrected chi connectivity index (χ2v) is 12.1. The minimum Gasteiger partial charge on any atom is -0.493 e. The second-order valence-electron chi connectivity index (χ2n) is 9.79. The molecular weight excluding hydrogens is 573 g/mol. The molecule has 1 aliphatic rings. The summed E-state index contributed by atoms with van der Waals surface area (Å²) in [5.74, 6) is -2.01. The molecule has 12 heteroatoms. The summed E-state index contributed by atoms with van der Waals surface area (Å²) in [7, 11) is -0.363. The number of sulfone groups is 1. The van der Waals surface area contributed by atoms with Gasteiger partial charge in [-0.2, -0.15) is 13.2 Å². The van der Waals surface area contributed by atoms with E-state index in [1.54, 1.807) is 48.5 Å². The molecule has 3 aromatic rings. The molecule has 1 fully saturated rings. The molecular formula is C30H31F3N2O6S. The van der Waals surface area contributed by atoms with Gasteiger partial charge in [0.2, 0.25) is 11.8 Å².